The third-order valence-electron chi connectivity index (χ3n) is 5.00. The Labute approximate surface area is 184 Å². The molecule has 0 aromatic heterocycles. The molecule has 0 saturated heterocycles. The van der Waals surface area contributed by atoms with Gasteiger partial charge in [0, 0.05) is 24.7 Å². The number of carbonyl (C=O) groups excluding carboxylic acids is 1. The second-order valence-electron chi connectivity index (χ2n) is 8.87. The van der Waals surface area contributed by atoms with E-state index in [-0.39, 0.29) is 17.3 Å². The molecule has 0 unspecified atom stereocenters. The van der Waals surface area contributed by atoms with Gasteiger partial charge in [-0.3, -0.25) is 9.69 Å². The van der Waals surface area contributed by atoms with Crippen LogP contribution in [0.2, 0.25) is 5.02 Å². The van der Waals surface area contributed by atoms with E-state index in [1.165, 1.54) is 0 Å². The number of ketones is 1. The van der Waals surface area contributed by atoms with Crippen molar-refractivity contribution in [1.82, 2.24) is 4.90 Å². The van der Waals surface area contributed by atoms with Gasteiger partial charge in [0.2, 0.25) is 5.78 Å². The lowest BCUT2D eigenvalue weighted by Crippen LogP contribution is -2.31. The number of aromatic hydroxyl groups is 1. The number of rotatable bonds is 7. The average Bonchev–Trinajstić information content (AvgIpc) is 2.94. The molecule has 0 spiro atoms. The molecule has 1 heterocycles. The van der Waals surface area contributed by atoms with Gasteiger partial charge < -0.3 is 9.84 Å². The van der Waals surface area contributed by atoms with Gasteiger partial charge in [-0.25, -0.2) is 0 Å². The van der Waals surface area contributed by atoms with Crippen LogP contribution in [0.4, 0.5) is 0 Å². The van der Waals surface area contributed by atoms with E-state index in [0.717, 1.165) is 18.7 Å². The second-order valence-corrected chi connectivity index (χ2v) is 9.31. The van der Waals surface area contributed by atoms with Crippen molar-refractivity contribution in [2.75, 3.05) is 13.1 Å². The fourth-order valence-corrected chi connectivity index (χ4v) is 4.14. The zero-order valence-corrected chi connectivity index (χ0v) is 19.1. The molecule has 1 N–H and O–H groups in total. The first-order chi connectivity index (χ1) is 14.2. The molecule has 5 heteroatoms. The van der Waals surface area contributed by atoms with Crippen LogP contribution >= 0.6 is 11.6 Å². The monoisotopic (exact) mass is 427 g/mol. The summed E-state index contributed by atoms with van der Waals surface area (Å²) in [5.41, 5.74) is 2.71. The first kappa shape index (κ1) is 22.4. The minimum Gasteiger partial charge on any atom is -0.507 e. The number of allylic oxidation sites excluding steroid dienone is 1. The maximum absolute atomic E-state index is 13.1. The topological polar surface area (TPSA) is 49.8 Å². The van der Waals surface area contributed by atoms with E-state index in [2.05, 4.69) is 32.6 Å². The Bertz CT molecular complexity index is 969. The van der Waals surface area contributed by atoms with Crippen LogP contribution < -0.4 is 4.74 Å². The molecule has 0 fully saturated rings. The lowest BCUT2D eigenvalue weighted by atomic mass is 9.98. The maximum Gasteiger partial charge on any atom is 0.232 e. The van der Waals surface area contributed by atoms with Crippen molar-refractivity contribution < 1.29 is 14.6 Å². The second kappa shape index (κ2) is 9.23. The molecule has 0 aliphatic carbocycles. The summed E-state index contributed by atoms with van der Waals surface area (Å²) < 4.78 is 6.05. The summed E-state index contributed by atoms with van der Waals surface area (Å²) in [6.45, 7) is 12.9. The van der Waals surface area contributed by atoms with Gasteiger partial charge in [0.1, 0.15) is 11.5 Å². The smallest absolute Gasteiger partial charge is 0.232 e. The summed E-state index contributed by atoms with van der Waals surface area (Å²) in [7, 11) is 0. The number of halogens is 1. The first-order valence-corrected chi connectivity index (χ1v) is 10.8. The summed E-state index contributed by atoms with van der Waals surface area (Å²) in [5.74, 6) is 1.71. The zero-order chi connectivity index (χ0) is 22.0. The maximum atomic E-state index is 13.1. The highest BCUT2D eigenvalue weighted by molar-refractivity contribution is 6.30. The molecule has 2 aromatic rings. The van der Waals surface area contributed by atoms with Crippen LogP contribution in [-0.2, 0) is 6.54 Å². The van der Waals surface area contributed by atoms with E-state index >= 15 is 0 Å². The van der Waals surface area contributed by atoms with Gasteiger partial charge in [-0.1, -0.05) is 51.4 Å². The predicted octanol–water partition coefficient (Wildman–Crippen LogP) is 6.08. The van der Waals surface area contributed by atoms with Crippen molar-refractivity contribution in [2.45, 2.75) is 41.2 Å². The summed E-state index contributed by atoms with van der Waals surface area (Å²) >= 11 is 6.07. The molecule has 0 atom stereocenters. The van der Waals surface area contributed by atoms with Crippen LogP contribution in [0.3, 0.4) is 0 Å². The highest BCUT2D eigenvalue weighted by atomic mass is 35.5. The van der Waals surface area contributed by atoms with Crippen LogP contribution in [0.15, 0.2) is 36.1 Å². The van der Waals surface area contributed by atoms with E-state index < -0.39 is 0 Å². The highest BCUT2D eigenvalue weighted by Gasteiger charge is 2.33. The van der Waals surface area contributed by atoms with E-state index in [1.54, 1.807) is 24.3 Å². The molecule has 4 nitrogen and oxygen atoms in total. The number of phenolic OH excluding ortho intramolecular Hbond substituents is 1. The van der Waals surface area contributed by atoms with Crippen LogP contribution in [0.1, 0.15) is 54.7 Å². The van der Waals surface area contributed by atoms with Gasteiger partial charge in [-0.05, 0) is 54.2 Å². The minimum absolute atomic E-state index is 0.164. The van der Waals surface area contributed by atoms with Crippen molar-refractivity contribution >= 4 is 23.5 Å². The molecular weight excluding hydrogens is 398 g/mol. The number of hydrogen-bond acceptors (Lipinski definition) is 4. The zero-order valence-electron chi connectivity index (χ0n) is 18.3. The van der Waals surface area contributed by atoms with Crippen LogP contribution in [0.5, 0.6) is 11.5 Å². The fourth-order valence-electron chi connectivity index (χ4n) is 3.94. The average molecular weight is 428 g/mol. The van der Waals surface area contributed by atoms with Gasteiger partial charge in [0.15, 0.2) is 5.76 Å². The molecule has 0 saturated carbocycles. The van der Waals surface area contributed by atoms with Crippen molar-refractivity contribution in [3.63, 3.8) is 0 Å². The summed E-state index contributed by atoms with van der Waals surface area (Å²) in [6, 6.07) is 8.94. The number of nitrogens with zero attached hydrogens (tertiary/aromatic N) is 1. The van der Waals surface area contributed by atoms with Crippen LogP contribution in [0, 0.1) is 18.8 Å². The molecule has 0 radical (unpaired) electrons. The molecule has 160 valence electrons. The third-order valence-corrected chi connectivity index (χ3v) is 5.23. The van der Waals surface area contributed by atoms with Crippen molar-refractivity contribution in [2.24, 2.45) is 11.8 Å². The van der Waals surface area contributed by atoms with Crippen LogP contribution in [0.25, 0.3) is 6.08 Å². The third kappa shape index (κ3) is 5.05. The number of hydrogen-bond donors (Lipinski definition) is 1. The van der Waals surface area contributed by atoms with Crippen LogP contribution in [-0.4, -0.2) is 28.9 Å². The number of ether oxygens (including phenoxy) is 1. The summed E-state index contributed by atoms with van der Waals surface area (Å²) in [6.07, 6.45) is 1.70. The molecule has 1 aliphatic heterocycles. The Morgan fingerprint density at radius 3 is 2.40 bits per heavy atom. The summed E-state index contributed by atoms with van der Waals surface area (Å²) in [4.78, 5) is 15.4. The number of aryl methyl sites for hydroxylation is 1. The minimum atomic E-state index is -0.164. The largest absolute Gasteiger partial charge is 0.507 e. The molecule has 0 bridgehead atoms. The number of carbonyl (C=O) groups is 1. The Morgan fingerprint density at radius 1 is 1.13 bits per heavy atom. The fraction of sp³-hybridized carbons (Fsp3) is 0.400. The number of phenols is 1. The molecule has 3 rings (SSSR count). The lowest BCUT2D eigenvalue weighted by Gasteiger charge is -2.27. The molecule has 2 aromatic carbocycles. The molecule has 30 heavy (non-hydrogen) atoms. The number of benzene rings is 2. The van der Waals surface area contributed by atoms with E-state index in [1.807, 2.05) is 19.1 Å². The molecular formula is C25H30ClNO3. The first-order valence-electron chi connectivity index (χ1n) is 10.4. The normalized spacial score (nSPS) is 14.8. The van der Waals surface area contributed by atoms with Gasteiger partial charge in [0.05, 0.1) is 11.1 Å². The van der Waals surface area contributed by atoms with Crippen molar-refractivity contribution in [1.29, 1.82) is 0 Å². The van der Waals surface area contributed by atoms with Crippen molar-refractivity contribution in [3.05, 3.63) is 63.4 Å². The molecule has 1 aliphatic rings. The Kier molecular flexibility index (Phi) is 6.89. The van der Waals surface area contributed by atoms with E-state index in [0.29, 0.717) is 45.8 Å². The standard InChI is InChI=1S/C25H30ClNO3/c1-15(2)12-27(13-16(3)4)14-20-21(28)9-17(5)23-24(29)22(30-25(20)23)11-18-7-6-8-19(26)10-18/h6-11,15-16,28H,12-14H2,1-5H3/b22-11+. The Hall–Kier alpha value is -2.30. The van der Waals surface area contributed by atoms with Crippen molar-refractivity contribution in [3.8, 4) is 11.5 Å². The quantitative estimate of drug-likeness (QED) is 0.543. The highest BCUT2D eigenvalue weighted by Crippen LogP contribution is 2.42. The van der Waals surface area contributed by atoms with Gasteiger partial charge in [-0.15, -0.1) is 0 Å². The van der Waals surface area contributed by atoms with Gasteiger partial charge in [0.25, 0.3) is 0 Å². The Balaban J connectivity index is 1.99. The van der Waals surface area contributed by atoms with E-state index in [9.17, 15) is 9.90 Å². The Morgan fingerprint density at radius 2 is 1.80 bits per heavy atom. The predicted molar refractivity (Wildman–Crippen MR) is 122 cm³/mol. The SMILES string of the molecule is Cc1cc(O)c(CN(CC(C)C)CC(C)C)c2c1C(=O)/C(=C\c1cccc(Cl)c1)O2. The molecule has 0 amide bonds. The summed E-state index contributed by atoms with van der Waals surface area (Å²) in [5, 5.41) is 11.3. The van der Waals surface area contributed by atoms with Gasteiger partial charge >= 0.3 is 0 Å². The van der Waals surface area contributed by atoms with E-state index in [4.69, 9.17) is 16.3 Å². The lowest BCUT2D eigenvalue weighted by molar-refractivity contribution is 0.101. The van der Waals surface area contributed by atoms with Gasteiger partial charge in [-0.2, -0.15) is 0 Å². The number of Topliss-reactive ketones (excluding diaryl/α,β-unsaturated/α-hetero) is 1. The number of fused-ring (bicyclic) bond motifs is 1.